The number of rotatable bonds is 7. The van der Waals surface area contributed by atoms with Crippen LogP contribution < -0.4 is 4.80 Å². The SMILES string of the molecule is CCOC(=O)N1CCN(C(=O)CSCC(=O)N=c2sc3cc(C(=O)OC)ccc3n2CC)CC1. The lowest BCUT2D eigenvalue weighted by Crippen LogP contribution is -2.51. The molecule has 184 valence electrons. The summed E-state index contributed by atoms with van der Waals surface area (Å²) in [5.41, 5.74) is 1.33. The highest BCUT2D eigenvalue weighted by Gasteiger charge is 2.24. The summed E-state index contributed by atoms with van der Waals surface area (Å²) < 4.78 is 12.5. The van der Waals surface area contributed by atoms with E-state index >= 15 is 0 Å². The van der Waals surface area contributed by atoms with Gasteiger partial charge >= 0.3 is 12.1 Å². The van der Waals surface area contributed by atoms with E-state index in [9.17, 15) is 19.2 Å². The van der Waals surface area contributed by atoms with Gasteiger partial charge in [-0.3, -0.25) is 9.59 Å². The van der Waals surface area contributed by atoms with Gasteiger partial charge in [0.25, 0.3) is 5.91 Å². The van der Waals surface area contributed by atoms with E-state index in [1.54, 1.807) is 28.9 Å². The molecule has 1 saturated heterocycles. The Morgan fingerprint density at radius 1 is 1.06 bits per heavy atom. The second-order valence-corrected chi connectivity index (χ2v) is 9.36. The Labute approximate surface area is 205 Å². The van der Waals surface area contributed by atoms with E-state index in [1.165, 1.54) is 30.2 Å². The first-order chi connectivity index (χ1) is 16.4. The number of thiazole rings is 1. The summed E-state index contributed by atoms with van der Waals surface area (Å²) in [6.45, 7) is 6.42. The fourth-order valence-corrected chi connectivity index (χ4v) is 5.37. The maximum atomic E-state index is 12.5. The van der Waals surface area contributed by atoms with E-state index < -0.39 is 5.97 Å². The molecule has 0 saturated carbocycles. The van der Waals surface area contributed by atoms with Gasteiger partial charge < -0.3 is 23.8 Å². The molecule has 1 aromatic heterocycles. The van der Waals surface area contributed by atoms with Crippen molar-refractivity contribution in [2.75, 3.05) is 51.4 Å². The molecule has 3 rings (SSSR count). The minimum atomic E-state index is -0.420. The zero-order chi connectivity index (χ0) is 24.7. The highest BCUT2D eigenvalue weighted by molar-refractivity contribution is 8.00. The van der Waals surface area contributed by atoms with Gasteiger partial charge in [0.15, 0.2) is 4.80 Å². The van der Waals surface area contributed by atoms with E-state index in [1.807, 2.05) is 17.6 Å². The number of fused-ring (bicyclic) bond motifs is 1. The molecule has 34 heavy (non-hydrogen) atoms. The molecule has 0 aliphatic carbocycles. The quantitative estimate of drug-likeness (QED) is 0.526. The normalized spacial score (nSPS) is 14.4. The van der Waals surface area contributed by atoms with E-state index in [-0.39, 0.29) is 29.4 Å². The van der Waals surface area contributed by atoms with Gasteiger partial charge in [-0.05, 0) is 32.0 Å². The van der Waals surface area contributed by atoms with Crippen LogP contribution in [0.25, 0.3) is 10.2 Å². The van der Waals surface area contributed by atoms with Gasteiger partial charge in [0, 0.05) is 32.7 Å². The number of aryl methyl sites for hydroxylation is 1. The van der Waals surface area contributed by atoms with Gasteiger partial charge in [-0.15, -0.1) is 11.8 Å². The van der Waals surface area contributed by atoms with Crippen LogP contribution >= 0.6 is 23.1 Å². The molecule has 0 N–H and O–H groups in total. The minimum absolute atomic E-state index is 0.0675. The average molecular weight is 509 g/mol. The number of piperazine rings is 1. The molecule has 0 unspecified atom stereocenters. The molecule has 3 amide bonds. The second kappa shape index (κ2) is 12.0. The molecule has 2 aromatic rings. The number of amides is 3. The van der Waals surface area contributed by atoms with Crippen molar-refractivity contribution in [2.45, 2.75) is 20.4 Å². The van der Waals surface area contributed by atoms with Crippen LogP contribution in [0.2, 0.25) is 0 Å². The van der Waals surface area contributed by atoms with Crippen molar-refractivity contribution in [3.63, 3.8) is 0 Å². The number of aromatic nitrogens is 1. The van der Waals surface area contributed by atoms with E-state index in [0.29, 0.717) is 49.7 Å². The predicted molar refractivity (Wildman–Crippen MR) is 130 cm³/mol. The fraction of sp³-hybridized carbons (Fsp3) is 0.500. The highest BCUT2D eigenvalue weighted by atomic mass is 32.2. The number of hydrogen-bond acceptors (Lipinski definition) is 8. The summed E-state index contributed by atoms with van der Waals surface area (Å²) in [5.74, 6) is -0.561. The van der Waals surface area contributed by atoms with Crippen LogP contribution in [0.1, 0.15) is 24.2 Å². The number of nitrogens with zero attached hydrogens (tertiary/aromatic N) is 4. The number of carbonyl (C=O) groups is 4. The Balaban J connectivity index is 1.56. The topological polar surface area (TPSA) is 111 Å². The number of hydrogen-bond donors (Lipinski definition) is 0. The first-order valence-electron chi connectivity index (χ1n) is 10.9. The Hall–Kier alpha value is -2.86. The predicted octanol–water partition coefficient (Wildman–Crippen LogP) is 1.97. The lowest BCUT2D eigenvalue weighted by Gasteiger charge is -2.34. The summed E-state index contributed by atoms with van der Waals surface area (Å²) in [4.78, 5) is 56.6. The number of thioether (sulfide) groups is 1. The van der Waals surface area contributed by atoms with Crippen molar-refractivity contribution in [3.05, 3.63) is 28.6 Å². The van der Waals surface area contributed by atoms with Crippen LogP contribution in [-0.4, -0.2) is 89.6 Å². The van der Waals surface area contributed by atoms with Crippen LogP contribution in [0.4, 0.5) is 4.79 Å². The first kappa shape index (κ1) is 25.8. The average Bonchev–Trinajstić information content (AvgIpc) is 3.19. The molecule has 12 heteroatoms. The molecule has 1 aliphatic rings. The summed E-state index contributed by atoms with van der Waals surface area (Å²) >= 11 is 2.55. The first-order valence-corrected chi connectivity index (χ1v) is 12.9. The number of benzene rings is 1. The Bertz CT molecular complexity index is 1130. The smallest absolute Gasteiger partial charge is 0.409 e. The Morgan fingerprint density at radius 3 is 2.41 bits per heavy atom. The summed E-state index contributed by atoms with van der Waals surface area (Å²) in [6.07, 6.45) is -0.358. The molecule has 0 atom stereocenters. The number of ether oxygens (including phenoxy) is 2. The van der Waals surface area contributed by atoms with Gasteiger partial charge in [0.1, 0.15) is 0 Å². The standard InChI is InChI=1S/C22H28N4O6S2/c1-4-26-16-7-6-15(20(29)31-3)12-17(16)34-21(26)23-18(27)13-33-14-19(28)24-8-10-25(11-9-24)22(30)32-5-2/h6-7,12H,4-5,8-11,13-14H2,1-3H3. The van der Waals surface area contributed by atoms with Crippen LogP contribution in [0, 0.1) is 0 Å². The molecule has 1 aliphatic heterocycles. The monoisotopic (exact) mass is 508 g/mol. The highest BCUT2D eigenvalue weighted by Crippen LogP contribution is 2.20. The van der Waals surface area contributed by atoms with Crippen LogP contribution in [-0.2, 0) is 25.6 Å². The maximum Gasteiger partial charge on any atom is 0.409 e. The second-order valence-electron chi connectivity index (χ2n) is 7.37. The molecule has 0 spiro atoms. The number of methoxy groups -OCH3 is 1. The third-order valence-corrected chi connectivity index (χ3v) is 7.19. The van der Waals surface area contributed by atoms with Gasteiger partial charge in [0.2, 0.25) is 5.91 Å². The molecule has 2 heterocycles. The lowest BCUT2D eigenvalue weighted by atomic mass is 10.2. The molecular formula is C22H28N4O6S2. The van der Waals surface area contributed by atoms with Crippen LogP contribution in [0.3, 0.4) is 0 Å². The van der Waals surface area contributed by atoms with Gasteiger partial charge in [0.05, 0.1) is 41.0 Å². The van der Waals surface area contributed by atoms with E-state index in [2.05, 4.69) is 4.99 Å². The number of carbonyl (C=O) groups excluding carboxylic acids is 4. The minimum Gasteiger partial charge on any atom is -0.465 e. The van der Waals surface area contributed by atoms with Gasteiger partial charge in [-0.25, -0.2) is 9.59 Å². The van der Waals surface area contributed by atoms with Gasteiger partial charge in [-0.1, -0.05) is 11.3 Å². The van der Waals surface area contributed by atoms with Crippen LogP contribution in [0.15, 0.2) is 23.2 Å². The summed E-state index contributed by atoms with van der Waals surface area (Å²) in [7, 11) is 1.33. The lowest BCUT2D eigenvalue weighted by molar-refractivity contribution is -0.129. The zero-order valence-electron chi connectivity index (χ0n) is 19.4. The fourth-order valence-electron chi connectivity index (χ4n) is 3.52. The van der Waals surface area contributed by atoms with E-state index in [4.69, 9.17) is 9.47 Å². The molecule has 0 bridgehead atoms. The molecule has 1 aromatic carbocycles. The number of esters is 1. The van der Waals surface area contributed by atoms with E-state index in [0.717, 1.165) is 10.2 Å². The molecular weight excluding hydrogens is 480 g/mol. The summed E-state index contributed by atoms with van der Waals surface area (Å²) in [6, 6.07) is 5.24. The third-order valence-electron chi connectivity index (χ3n) is 5.25. The van der Waals surface area contributed by atoms with Crippen molar-refractivity contribution in [1.29, 1.82) is 0 Å². The molecule has 0 radical (unpaired) electrons. The largest absolute Gasteiger partial charge is 0.465 e. The maximum absolute atomic E-state index is 12.5. The third kappa shape index (κ3) is 6.17. The van der Waals surface area contributed by atoms with Crippen LogP contribution in [0.5, 0.6) is 0 Å². The Morgan fingerprint density at radius 2 is 1.76 bits per heavy atom. The molecule has 1 fully saturated rings. The van der Waals surface area contributed by atoms with Crippen molar-refractivity contribution >= 4 is 57.2 Å². The van der Waals surface area contributed by atoms with Crippen molar-refractivity contribution < 1.29 is 28.7 Å². The van der Waals surface area contributed by atoms with Crippen molar-refractivity contribution in [1.82, 2.24) is 14.4 Å². The van der Waals surface area contributed by atoms with Crippen molar-refractivity contribution in [3.8, 4) is 0 Å². The Kier molecular flexibility index (Phi) is 9.11. The summed E-state index contributed by atoms with van der Waals surface area (Å²) in [5, 5.41) is 0. The molecule has 10 nitrogen and oxygen atoms in total. The van der Waals surface area contributed by atoms with Gasteiger partial charge in [-0.2, -0.15) is 4.99 Å². The zero-order valence-corrected chi connectivity index (χ0v) is 21.1. The van der Waals surface area contributed by atoms with Crippen molar-refractivity contribution in [2.24, 2.45) is 4.99 Å².